The summed E-state index contributed by atoms with van der Waals surface area (Å²) in [5.41, 5.74) is 6.63. The van der Waals surface area contributed by atoms with Crippen molar-refractivity contribution in [2.75, 3.05) is 24.5 Å². The third-order valence-electron chi connectivity index (χ3n) is 2.99. The Morgan fingerprint density at radius 3 is 2.94 bits per heavy atom. The van der Waals surface area contributed by atoms with E-state index in [1.165, 1.54) is 12.8 Å². The van der Waals surface area contributed by atoms with Gasteiger partial charge in [0.05, 0.1) is 0 Å². The molecule has 1 aromatic rings. The van der Waals surface area contributed by atoms with E-state index in [9.17, 15) is 0 Å². The molecule has 0 bridgehead atoms. The Hall–Kier alpha value is -0.580. The van der Waals surface area contributed by atoms with E-state index in [1.54, 1.807) is 0 Å². The van der Waals surface area contributed by atoms with Gasteiger partial charge in [-0.15, -0.1) is 12.4 Å². The molecule has 0 amide bonds. The normalized spacial score (nSPS) is 19.9. The lowest BCUT2D eigenvalue weighted by Crippen LogP contribution is -2.38. The molecule has 0 radical (unpaired) electrons. The summed E-state index contributed by atoms with van der Waals surface area (Å²) in [5, 5.41) is 0.324. The molecule has 0 aromatic carbocycles. The van der Waals surface area contributed by atoms with Crippen LogP contribution < -0.4 is 10.6 Å². The number of nitrogens with two attached hydrogens (primary N) is 1. The molecule has 1 unspecified atom stereocenters. The molecule has 1 fully saturated rings. The molecule has 2 heterocycles. The van der Waals surface area contributed by atoms with Crippen LogP contribution in [0.1, 0.15) is 18.5 Å². The second-order valence-corrected chi connectivity index (χ2v) is 4.66. The second kappa shape index (κ2) is 6.38. The molecule has 17 heavy (non-hydrogen) atoms. The van der Waals surface area contributed by atoms with Gasteiger partial charge in [-0.25, -0.2) is 9.97 Å². The smallest absolute Gasteiger partial charge is 0.224 e. The second-order valence-electron chi connectivity index (χ2n) is 4.33. The van der Waals surface area contributed by atoms with Crippen molar-refractivity contribution < 1.29 is 0 Å². The lowest BCUT2D eigenvalue weighted by molar-refractivity contribution is 0.421. The van der Waals surface area contributed by atoms with Gasteiger partial charge in [0.1, 0.15) is 5.82 Å². The molecule has 2 N–H and O–H groups in total. The first-order valence-corrected chi connectivity index (χ1v) is 6.03. The molecular weight excluding hydrogens is 259 g/mol. The van der Waals surface area contributed by atoms with Crippen LogP contribution in [0.15, 0.2) is 6.07 Å². The highest BCUT2D eigenvalue weighted by Gasteiger charge is 2.20. The Kier molecular flexibility index (Phi) is 5.43. The number of nitrogens with zero attached hydrogens (tertiary/aromatic N) is 3. The minimum Gasteiger partial charge on any atom is -0.356 e. The highest BCUT2D eigenvalue weighted by molar-refractivity contribution is 6.28. The molecule has 1 aliphatic rings. The topological polar surface area (TPSA) is 55.0 Å². The zero-order valence-electron chi connectivity index (χ0n) is 9.90. The number of piperidine rings is 1. The third kappa shape index (κ3) is 3.69. The first kappa shape index (κ1) is 14.5. The first-order chi connectivity index (χ1) is 7.69. The zero-order chi connectivity index (χ0) is 11.5. The van der Waals surface area contributed by atoms with Crippen LogP contribution in [0.5, 0.6) is 0 Å². The van der Waals surface area contributed by atoms with Crippen molar-refractivity contribution in [2.45, 2.75) is 19.8 Å². The van der Waals surface area contributed by atoms with Crippen LogP contribution in [0.3, 0.4) is 0 Å². The molecule has 0 spiro atoms. The number of anilines is 1. The van der Waals surface area contributed by atoms with E-state index in [1.807, 2.05) is 13.0 Å². The van der Waals surface area contributed by atoms with Crippen LogP contribution in [0.2, 0.25) is 5.28 Å². The SMILES string of the molecule is Cc1cc(N2CCCC(CN)C2)nc(Cl)n1.Cl. The maximum absolute atomic E-state index is 5.87. The summed E-state index contributed by atoms with van der Waals surface area (Å²) in [4.78, 5) is 10.6. The van der Waals surface area contributed by atoms with Crippen molar-refractivity contribution >= 4 is 29.8 Å². The van der Waals surface area contributed by atoms with Crippen LogP contribution in [-0.2, 0) is 0 Å². The number of rotatable bonds is 2. The van der Waals surface area contributed by atoms with Gasteiger partial charge in [0.2, 0.25) is 5.28 Å². The van der Waals surface area contributed by atoms with E-state index in [0.29, 0.717) is 11.2 Å². The summed E-state index contributed by atoms with van der Waals surface area (Å²) in [6.07, 6.45) is 2.38. The third-order valence-corrected chi connectivity index (χ3v) is 3.16. The van der Waals surface area contributed by atoms with Crippen molar-refractivity contribution in [1.29, 1.82) is 0 Å². The lowest BCUT2D eigenvalue weighted by atomic mass is 9.98. The lowest BCUT2D eigenvalue weighted by Gasteiger charge is -2.33. The molecule has 6 heteroatoms. The van der Waals surface area contributed by atoms with E-state index in [4.69, 9.17) is 17.3 Å². The van der Waals surface area contributed by atoms with E-state index in [-0.39, 0.29) is 12.4 Å². The fourth-order valence-corrected chi connectivity index (χ4v) is 2.36. The quantitative estimate of drug-likeness (QED) is 0.840. The Morgan fingerprint density at radius 2 is 2.29 bits per heavy atom. The monoisotopic (exact) mass is 276 g/mol. The molecule has 1 atom stereocenters. The number of hydrogen-bond acceptors (Lipinski definition) is 4. The molecule has 0 saturated carbocycles. The van der Waals surface area contributed by atoms with Gasteiger partial charge in [0.15, 0.2) is 0 Å². The largest absolute Gasteiger partial charge is 0.356 e. The van der Waals surface area contributed by atoms with Gasteiger partial charge in [-0.05, 0) is 43.8 Å². The molecule has 0 aliphatic carbocycles. The van der Waals surface area contributed by atoms with Crippen LogP contribution in [0.25, 0.3) is 0 Å². The Labute approximate surface area is 113 Å². The fourth-order valence-electron chi connectivity index (χ4n) is 2.14. The Balaban J connectivity index is 0.00000144. The van der Waals surface area contributed by atoms with Crippen LogP contribution >= 0.6 is 24.0 Å². The van der Waals surface area contributed by atoms with Crippen molar-refractivity contribution in [3.63, 3.8) is 0 Å². The predicted molar refractivity (Wildman–Crippen MR) is 73.0 cm³/mol. The Morgan fingerprint density at radius 1 is 1.53 bits per heavy atom. The van der Waals surface area contributed by atoms with Gasteiger partial charge in [-0.1, -0.05) is 0 Å². The average molecular weight is 277 g/mol. The maximum Gasteiger partial charge on any atom is 0.224 e. The highest BCUT2D eigenvalue weighted by atomic mass is 35.5. The summed E-state index contributed by atoms with van der Waals surface area (Å²) in [6.45, 7) is 4.68. The molecule has 1 aromatic heterocycles. The minimum atomic E-state index is 0. The zero-order valence-corrected chi connectivity index (χ0v) is 11.5. The molecule has 2 rings (SSSR count). The summed E-state index contributed by atoms with van der Waals surface area (Å²) in [5.74, 6) is 1.50. The summed E-state index contributed by atoms with van der Waals surface area (Å²) < 4.78 is 0. The molecule has 4 nitrogen and oxygen atoms in total. The van der Waals surface area contributed by atoms with Gasteiger partial charge in [-0.2, -0.15) is 0 Å². The predicted octanol–water partition coefficient (Wildman–Crippen LogP) is 2.04. The van der Waals surface area contributed by atoms with Crippen LogP contribution in [0, 0.1) is 12.8 Å². The van der Waals surface area contributed by atoms with E-state index in [0.717, 1.165) is 31.1 Å². The van der Waals surface area contributed by atoms with Crippen molar-refractivity contribution in [2.24, 2.45) is 11.7 Å². The van der Waals surface area contributed by atoms with Gasteiger partial charge >= 0.3 is 0 Å². The molecule has 96 valence electrons. The van der Waals surface area contributed by atoms with Gasteiger partial charge in [-0.3, -0.25) is 0 Å². The number of halogens is 2. The van der Waals surface area contributed by atoms with Crippen molar-refractivity contribution in [3.8, 4) is 0 Å². The average Bonchev–Trinajstić information content (AvgIpc) is 2.28. The Bertz CT molecular complexity index is 352. The van der Waals surface area contributed by atoms with Gasteiger partial charge < -0.3 is 10.6 Å². The van der Waals surface area contributed by atoms with Crippen molar-refractivity contribution in [3.05, 3.63) is 17.0 Å². The fraction of sp³-hybridized carbons (Fsp3) is 0.636. The van der Waals surface area contributed by atoms with E-state index in [2.05, 4.69) is 14.9 Å². The minimum absolute atomic E-state index is 0. The number of aromatic nitrogens is 2. The van der Waals surface area contributed by atoms with Crippen LogP contribution in [-0.4, -0.2) is 29.6 Å². The summed E-state index contributed by atoms with van der Waals surface area (Å²) in [6, 6.07) is 1.98. The van der Waals surface area contributed by atoms with E-state index < -0.39 is 0 Å². The number of hydrogen-bond donors (Lipinski definition) is 1. The maximum atomic E-state index is 5.87. The first-order valence-electron chi connectivity index (χ1n) is 5.65. The summed E-state index contributed by atoms with van der Waals surface area (Å²) in [7, 11) is 0. The van der Waals surface area contributed by atoms with Gasteiger partial charge in [0.25, 0.3) is 0 Å². The number of aryl methyl sites for hydroxylation is 1. The van der Waals surface area contributed by atoms with Crippen molar-refractivity contribution in [1.82, 2.24) is 9.97 Å². The molecule has 1 aliphatic heterocycles. The van der Waals surface area contributed by atoms with E-state index >= 15 is 0 Å². The standard InChI is InChI=1S/C11H17ClN4.ClH/c1-8-5-10(15-11(12)14-8)16-4-2-3-9(6-13)7-16;/h5,9H,2-4,6-7,13H2,1H3;1H. The van der Waals surface area contributed by atoms with Crippen LogP contribution in [0.4, 0.5) is 5.82 Å². The van der Waals surface area contributed by atoms with Gasteiger partial charge in [0, 0.05) is 24.8 Å². The molecule has 1 saturated heterocycles. The summed E-state index contributed by atoms with van der Waals surface area (Å²) >= 11 is 5.87. The molecular formula is C11H18Cl2N4. The highest BCUT2D eigenvalue weighted by Crippen LogP contribution is 2.22.